The molecule has 2 heteroatoms. The van der Waals surface area contributed by atoms with Gasteiger partial charge in [-0.2, -0.15) is 0 Å². The largest absolute Gasteiger partial charge is 0.457 e. The predicted octanol–water partition coefficient (Wildman–Crippen LogP) is 3.65. The molecule has 1 atom stereocenters. The van der Waals surface area contributed by atoms with Crippen LogP contribution in [-0.2, 0) is 9.53 Å². The Bertz CT molecular complexity index is 375. The summed E-state index contributed by atoms with van der Waals surface area (Å²) in [5.74, 6) is -0.164. The zero-order valence-corrected chi connectivity index (χ0v) is 10.7. The van der Waals surface area contributed by atoms with E-state index in [4.69, 9.17) is 4.74 Å². The molecule has 0 saturated heterocycles. The highest BCUT2D eigenvalue weighted by Gasteiger charge is 2.25. The fourth-order valence-corrected chi connectivity index (χ4v) is 1.44. The maximum Gasteiger partial charge on any atom is 0.311 e. The van der Waals surface area contributed by atoms with E-state index >= 15 is 0 Å². The predicted molar refractivity (Wildman–Crippen MR) is 65.1 cm³/mol. The van der Waals surface area contributed by atoms with E-state index in [1.54, 1.807) is 0 Å². The third-order valence-corrected chi connectivity index (χ3v) is 2.52. The lowest BCUT2D eigenvalue weighted by Crippen LogP contribution is -2.24. The molecule has 0 fully saturated rings. The van der Waals surface area contributed by atoms with Crippen LogP contribution in [0.2, 0.25) is 0 Å². The molecule has 0 aromatic heterocycles. The summed E-state index contributed by atoms with van der Waals surface area (Å²) in [6.45, 7) is 9.52. The minimum atomic E-state index is -0.447. The first-order valence-electron chi connectivity index (χ1n) is 5.59. The van der Waals surface area contributed by atoms with Gasteiger partial charge < -0.3 is 4.74 Å². The molecule has 0 aliphatic heterocycles. The van der Waals surface area contributed by atoms with Gasteiger partial charge in [-0.15, -0.1) is 0 Å². The van der Waals surface area contributed by atoms with E-state index in [9.17, 15) is 4.79 Å². The topological polar surface area (TPSA) is 26.3 Å². The summed E-state index contributed by atoms with van der Waals surface area (Å²) in [7, 11) is 0. The number of hydrogen-bond acceptors (Lipinski definition) is 2. The summed E-state index contributed by atoms with van der Waals surface area (Å²) in [4.78, 5) is 11.7. The first-order chi connectivity index (χ1) is 7.32. The van der Waals surface area contributed by atoms with Crippen LogP contribution in [0.15, 0.2) is 24.3 Å². The average Bonchev–Trinajstić information content (AvgIpc) is 2.16. The smallest absolute Gasteiger partial charge is 0.311 e. The Balaban J connectivity index is 2.78. The maximum atomic E-state index is 11.7. The van der Waals surface area contributed by atoms with Crippen LogP contribution < -0.4 is 0 Å². The van der Waals surface area contributed by atoms with Gasteiger partial charge in [-0.3, -0.25) is 4.79 Å². The van der Waals surface area contributed by atoms with Crippen molar-refractivity contribution in [3.63, 3.8) is 0 Å². The number of carbonyl (C=O) groups is 1. The van der Waals surface area contributed by atoms with Crippen molar-refractivity contribution in [2.45, 2.75) is 40.7 Å². The molecule has 1 aromatic rings. The Kier molecular flexibility index (Phi) is 3.74. The van der Waals surface area contributed by atoms with E-state index in [0.717, 1.165) is 11.1 Å². The second-order valence-electron chi connectivity index (χ2n) is 5.15. The molecule has 0 aliphatic rings. The zero-order chi connectivity index (χ0) is 12.3. The number of ether oxygens (including phenoxy) is 1. The average molecular weight is 220 g/mol. The van der Waals surface area contributed by atoms with Crippen LogP contribution >= 0.6 is 0 Å². The third kappa shape index (κ3) is 3.09. The van der Waals surface area contributed by atoms with E-state index in [2.05, 4.69) is 0 Å². The van der Waals surface area contributed by atoms with E-state index in [0.29, 0.717) is 0 Å². The van der Waals surface area contributed by atoms with Gasteiger partial charge in [0.15, 0.2) is 0 Å². The van der Waals surface area contributed by atoms with Crippen molar-refractivity contribution in [1.29, 1.82) is 0 Å². The van der Waals surface area contributed by atoms with Gasteiger partial charge in [0.05, 0.1) is 5.41 Å². The summed E-state index contributed by atoms with van der Waals surface area (Å²) in [5, 5.41) is 0. The van der Waals surface area contributed by atoms with Crippen LogP contribution in [-0.4, -0.2) is 5.97 Å². The van der Waals surface area contributed by atoms with Crippen LogP contribution in [0.5, 0.6) is 0 Å². The number of benzene rings is 1. The molecular weight excluding hydrogens is 200 g/mol. The minimum Gasteiger partial charge on any atom is -0.457 e. The summed E-state index contributed by atoms with van der Waals surface area (Å²) in [5.41, 5.74) is 1.77. The summed E-state index contributed by atoms with van der Waals surface area (Å²) in [6.07, 6.45) is -0.187. The standard InChI is InChI=1S/C14H20O2/c1-10-8-6-7-9-12(10)11(2)16-13(15)14(3,4)5/h6-9,11H,1-5H3. The zero-order valence-electron chi connectivity index (χ0n) is 10.7. The van der Waals surface area contributed by atoms with Gasteiger partial charge in [-0.1, -0.05) is 24.3 Å². The van der Waals surface area contributed by atoms with Crippen molar-refractivity contribution in [2.75, 3.05) is 0 Å². The fourth-order valence-electron chi connectivity index (χ4n) is 1.44. The molecule has 0 N–H and O–H groups in total. The van der Waals surface area contributed by atoms with Crippen molar-refractivity contribution in [1.82, 2.24) is 0 Å². The maximum absolute atomic E-state index is 11.7. The molecule has 0 saturated carbocycles. The molecule has 1 rings (SSSR count). The molecule has 0 radical (unpaired) electrons. The van der Waals surface area contributed by atoms with Crippen LogP contribution in [0.4, 0.5) is 0 Å². The van der Waals surface area contributed by atoms with E-state index in [-0.39, 0.29) is 12.1 Å². The molecule has 1 unspecified atom stereocenters. The number of carbonyl (C=O) groups excluding carboxylic acids is 1. The van der Waals surface area contributed by atoms with Gasteiger partial charge in [-0.25, -0.2) is 0 Å². The molecule has 16 heavy (non-hydrogen) atoms. The Labute approximate surface area is 97.6 Å². The highest BCUT2D eigenvalue weighted by molar-refractivity contribution is 5.75. The Morgan fingerprint density at radius 3 is 2.31 bits per heavy atom. The van der Waals surface area contributed by atoms with Crippen molar-refractivity contribution in [3.8, 4) is 0 Å². The lowest BCUT2D eigenvalue weighted by molar-refractivity contribution is -0.158. The number of rotatable bonds is 2. The minimum absolute atomic E-state index is 0.164. The van der Waals surface area contributed by atoms with Crippen molar-refractivity contribution < 1.29 is 9.53 Å². The molecule has 0 heterocycles. The number of esters is 1. The summed E-state index contributed by atoms with van der Waals surface area (Å²) >= 11 is 0. The van der Waals surface area contributed by atoms with Crippen LogP contribution in [0.3, 0.4) is 0 Å². The second-order valence-corrected chi connectivity index (χ2v) is 5.15. The van der Waals surface area contributed by atoms with E-state index in [1.807, 2.05) is 58.9 Å². The van der Waals surface area contributed by atoms with Crippen molar-refractivity contribution in [3.05, 3.63) is 35.4 Å². The lowest BCUT2D eigenvalue weighted by Gasteiger charge is -2.22. The van der Waals surface area contributed by atoms with Gasteiger partial charge in [0.1, 0.15) is 6.10 Å². The van der Waals surface area contributed by atoms with Gasteiger partial charge >= 0.3 is 5.97 Å². The number of aryl methyl sites for hydroxylation is 1. The van der Waals surface area contributed by atoms with Gasteiger partial charge in [0.25, 0.3) is 0 Å². The highest BCUT2D eigenvalue weighted by Crippen LogP contribution is 2.24. The Hall–Kier alpha value is -1.31. The van der Waals surface area contributed by atoms with Crippen molar-refractivity contribution >= 4 is 5.97 Å². The van der Waals surface area contributed by atoms with Crippen LogP contribution in [0, 0.1) is 12.3 Å². The first kappa shape index (κ1) is 12.8. The first-order valence-corrected chi connectivity index (χ1v) is 5.59. The molecule has 0 bridgehead atoms. The van der Waals surface area contributed by atoms with Gasteiger partial charge in [0, 0.05) is 0 Å². The van der Waals surface area contributed by atoms with Gasteiger partial charge in [-0.05, 0) is 45.7 Å². The van der Waals surface area contributed by atoms with Gasteiger partial charge in [0.2, 0.25) is 0 Å². The fraction of sp³-hybridized carbons (Fsp3) is 0.500. The Morgan fingerprint density at radius 1 is 1.25 bits per heavy atom. The van der Waals surface area contributed by atoms with Crippen LogP contribution in [0.1, 0.15) is 44.9 Å². The molecule has 88 valence electrons. The highest BCUT2D eigenvalue weighted by atomic mass is 16.5. The molecule has 1 aromatic carbocycles. The molecule has 0 aliphatic carbocycles. The normalized spacial score (nSPS) is 13.3. The molecular formula is C14H20O2. The quantitative estimate of drug-likeness (QED) is 0.711. The summed E-state index contributed by atoms with van der Waals surface area (Å²) in [6, 6.07) is 7.97. The molecule has 0 amide bonds. The van der Waals surface area contributed by atoms with E-state index < -0.39 is 5.41 Å². The monoisotopic (exact) mass is 220 g/mol. The summed E-state index contributed by atoms with van der Waals surface area (Å²) < 4.78 is 5.44. The second kappa shape index (κ2) is 4.69. The van der Waals surface area contributed by atoms with E-state index in [1.165, 1.54) is 0 Å². The molecule has 0 spiro atoms. The SMILES string of the molecule is Cc1ccccc1C(C)OC(=O)C(C)(C)C. The lowest BCUT2D eigenvalue weighted by atomic mass is 9.97. The number of hydrogen-bond donors (Lipinski definition) is 0. The van der Waals surface area contributed by atoms with Crippen LogP contribution in [0.25, 0.3) is 0 Å². The third-order valence-electron chi connectivity index (χ3n) is 2.52. The molecule has 2 nitrogen and oxygen atoms in total. The Morgan fingerprint density at radius 2 is 1.81 bits per heavy atom. The van der Waals surface area contributed by atoms with Crippen molar-refractivity contribution in [2.24, 2.45) is 5.41 Å².